The zero-order valence-electron chi connectivity index (χ0n) is 13.6. The Morgan fingerprint density at radius 3 is 1.52 bits per heavy atom. The number of hydrogen-bond donors (Lipinski definition) is 0. The molecule has 0 spiro atoms. The fourth-order valence-electron chi connectivity index (χ4n) is 4.87. The van der Waals surface area contributed by atoms with Gasteiger partial charge < -0.3 is 9.47 Å². The van der Waals surface area contributed by atoms with Crippen molar-refractivity contribution >= 4 is 11.9 Å². The van der Waals surface area contributed by atoms with Crippen molar-refractivity contribution in [2.75, 3.05) is 0 Å². The van der Waals surface area contributed by atoms with E-state index in [0.717, 1.165) is 6.42 Å². The van der Waals surface area contributed by atoms with Crippen LogP contribution in [0.2, 0.25) is 0 Å². The molecule has 6 atom stereocenters. The molecule has 2 aromatic carbocycles. The number of carbonyl (C=O) groups excluding carboxylic acids is 2. The van der Waals surface area contributed by atoms with Gasteiger partial charge in [0.1, 0.15) is 12.2 Å². The van der Waals surface area contributed by atoms with Gasteiger partial charge in [-0.1, -0.05) is 36.4 Å². The second-order valence-corrected chi connectivity index (χ2v) is 7.19. The zero-order valence-corrected chi connectivity index (χ0v) is 13.6. The Kier molecular flexibility index (Phi) is 3.20. The standard InChI is InChI=1S/C21H18O4/c22-20(12-7-3-1-4-8-12)24-18-15-11-14-16(18)17(14)19(15)25-21(23)13-9-5-2-6-10-13/h1-10,14-19H,11H2/t14?,15?,16?,17?,18-,19+. The van der Waals surface area contributed by atoms with Gasteiger partial charge in [-0.05, 0) is 36.6 Å². The molecule has 4 fully saturated rings. The van der Waals surface area contributed by atoms with Gasteiger partial charge in [0, 0.05) is 17.8 Å². The van der Waals surface area contributed by atoms with Gasteiger partial charge in [-0.3, -0.25) is 0 Å². The highest BCUT2D eigenvalue weighted by molar-refractivity contribution is 5.90. The van der Waals surface area contributed by atoms with E-state index >= 15 is 0 Å². The summed E-state index contributed by atoms with van der Waals surface area (Å²) in [6.07, 6.45) is 0.766. The Morgan fingerprint density at radius 2 is 1.12 bits per heavy atom. The van der Waals surface area contributed by atoms with Crippen LogP contribution in [0.3, 0.4) is 0 Å². The summed E-state index contributed by atoms with van der Waals surface area (Å²) in [4.78, 5) is 24.7. The van der Waals surface area contributed by atoms with Gasteiger partial charge in [-0.25, -0.2) is 9.59 Å². The molecule has 6 rings (SSSR count). The number of benzene rings is 2. The summed E-state index contributed by atoms with van der Waals surface area (Å²) >= 11 is 0. The van der Waals surface area contributed by atoms with Crippen molar-refractivity contribution in [3.05, 3.63) is 71.8 Å². The average Bonchev–Trinajstić information content (AvgIpc) is 2.91. The molecule has 0 aromatic heterocycles. The Bertz CT molecular complexity index is 749. The summed E-state index contributed by atoms with van der Waals surface area (Å²) < 4.78 is 11.6. The molecular formula is C21H18O4. The van der Waals surface area contributed by atoms with Crippen LogP contribution < -0.4 is 0 Å². The van der Waals surface area contributed by atoms with Crippen LogP contribution in [0.25, 0.3) is 0 Å². The van der Waals surface area contributed by atoms with Crippen LogP contribution in [0.4, 0.5) is 0 Å². The van der Waals surface area contributed by atoms with Crippen molar-refractivity contribution < 1.29 is 19.1 Å². The van der Waals surface area contributed by atoms with Crippen molar-refractivity contribution in [3.8, 4) is 0 Å². The molecule has 4 aliphatic carbocycles. The van der Waals surface area contributed by atoms with E-state index in [0.29, 0.717) is 28.9 Å². The minimum absolute atomic E-state index is 0.115. The first kappa shape index (κ1) is 14.7. The third-order valence-electron chi connectivity index (χ3n) is 5.94. The van der Waals surface area contributed by atoms with Gasteiger partial charge in [0.05, 0.1) is 11.1 Å². The minimum Gasteiger partial charge on any atom is -0.458 e. The van der Waals surface area contributed by atoms with E-state index < -0.39 is 0 Å². The molecule has 4 heteroatoms. The Hall–Kier alpha value is -2.62. The number of carbonyl (C=O) groups is 2. The molecule has 0 saturated heterocycles. The lowest BCUT2D eigenvalue weighted by Crippen LogP contribution is -2.29. The molecule has 4 nitrogen and oxygen atoms in total. The number of hydrogen-bond acceptors (Lipinski definition) is 4. The summed E-state index contributed by atoms with van der Waals surface area (Å²) in [6, 6.07) is 18.1. The van der Waals surface area contributed by atoms with Crippen molar-refractivity contribution in [2.24, 2.45) is 23.7 Å². The maximum Gasteiger partial charge on any atom is 0.338 e. The van der Waals surface area contributed by atoms with Crippen LogP contribution in [0.15, 0.2) is 60.7 Å². The largest absolute Gasteiger partial charge is 0.458 e. The van der Waals surface area contributed by atoms with E-state index in [1.165, 1.54) is 0 Å². The van der Waals surface area contributed by atoms with E-state index in [1.54, 1.807) is 24.3 Å². The lowest BCUT2D eigenvalue weighted by atomic mass is 10.1. The second kappa shape index (κ2) is 5.45. The quantitative estimate of drug-likeness (QED) is 0.805. The molecule has 4 bridgehead atoms. The van der Waals surface area contributed by atoms with Gasteiger partial charge in [0.15, 0.2) is 0 Å². The van der Waals surface area contributed by atoms with Gasteiger partial charge in [0.2, 0.25) is 0 Å². The van der Waals surface area contributed by atoms with Gasteiger partial charge in [0.25, 0.3) is 0 Å². The molecule has 4 unspecified atom stereocenters. The fraction of sp³-hybridized carbons (Fsp3) is 0.333. The smallest absolute Gasteiger partial charge is 0.338 e. The summed E-state index contributed by atoms with van der Waals surface area (Å²) in [5, 5.41) is 0. The zero-order chi connectivity index (χ0) is 17.0. The summed E-state index contributed by atoms with van der Waals surface area (Å²) in [5.74, 6) is 0.860. The van der Waals surface area contributed by atoms with Crippen LogP contribution >= 0.6 is 0 Å². The van der Waals surface area contributed by atoms with Crippen LogP contribution in [0, 0.1) is 23.7 Å². The van der Waals surface area contributed by atoms with E-state index in [4.69, 9.17) is 9.47 Å². The lowest BCUT2D eigenvalue weighted by Gasteiger charge is -2.21. The molecule has 0 radical (unpaired) electrons. The third-order valence-corrected chi connectivity index (χ3v) is 5.94. The lowest BCUT2D eigenvalue weighted by molar-refractivity contribution is -0.00379. The molecule has 126 valence electrons. The molecule has 2 aromatic rings. The number of rotatable bonds is 4. The highest BCUT2D eigenvalue weighted by Crippen LogP contribution is 2.72. The van der Waals surface area contributed by atoms with Crippen LogP contribution in [0.5, 0.6) is 0 Å². The van der Waals surface area contributed by atoms with Gasteiger partial charge in [-0.15, -0.1) is 0 Å². The van der Waals surface area contributed by atoms with E-state index in [1.807, 2.05) is 36.4 Å². The molecule has 25 heavy (non-hydrogen) atoms. The summed E-state index contributed by atoms with van der Waals surface area (Å²) in [7, 11) is 0. The topological polar surface area (TPSA) is 52.6 Å². The highest BCUT2D eigenvalue weighted by Gasteiger charge is 2.76. The van der Waals surface area contributed by atoms with Crippen molar-refractivity contribution in [1.82, 2.24) is 0 Å². The Morgan fingerprint density at radius 1 is 0.680 bits per heavy atom. The van der Waals surface area contributed by atoms with Crippen LogP contribution in [-0.2, 0) is 9.47 Å². The van der Waals surface area contributed by atoms with E-state index in [9.17, 15) is 9.59 Å². The monoisotopic (exact) mass is 334 g/mol. The van der Waals surface area contributed by atoms with E-state index in [-0.39, 0.29) is 30.1 Å². The SMILES string of the molecule is O=C(O[C@@H]1C2C3CC1[C@@H](OC(=O)c1ccccc1)C32)c1ccccc1. The molecule has 0 N–H and O–H groups in total. The fourth-order valence-corrected chi connectivity index (χ4v) is 4.87. The van der Waals surface area contributed by atoms with E-state index in [2.05, 4.69) is 0 Å². The first-order valence-corrected chi connectivity index (χ1v) is 8.76. The third kappa shape index (κ3) is 2.28. The molecule has 4 saturated carbocycles. The summed E-state index contributed by atoms with van der Waals surface area (Å²) in [6.45, 7) is 0. The van der Waals surface area contributed by atoms with Gasteiger partial charge >= 0.3 is 11.9 Å². The average molecular weight is 334 g/mol. The predicted molar refractivity (Wildman–Crippen MR) is 89.9 cm³/mol. The van der Waals surface area contributed by atoms with Crippen molar-refractivity contribution in [2.45, 2.75) is 18.6 Å². The first-order valence-electron chi connectivity index (χ1n) is 8.76. The van der Waals surface area contributed by atoms with Crippen molar-refractivity contribution in [3.63, 3.8) is 0 Å². The molecular weight excluding hydrogens is 316 g/mol. The second-order valence-electron chi connectivity index (χ2n) is 7.19. The minimum atomic E-state index is -0.281. The Balaban J connectivity index is 1.28. The number of esters is 2. The normalized spacial score (nSPS) is 33.8. The Labute approximate surface area is 145 Å². The predicted octanol–water partition coefficient (Wildman–Crippen LogP) is 3.33. The molecule has 4 aliphatic rings. The highest BCUT2D eigenvalue weighted by atomic mass is 16.6. The van der Waals surface area contributed by atoms with Crippen molar-refractivity contribution in [1.29, 1.82) is 0 Å². The summed E-state index contributed by atoms with van der Waals surface area (Å²) in [5.41, 5.74) is 1.14. The van der Waals surface area contributed by atoms with Crippen LogP contribution in [-0.4, -0.2) is 24.1 Å². The number of ether oxygens (including phenoxy) is 2. The first-order chi connectivity index (χ1) is 12.2. The molecule has 0 aliphatic heterocycles. The van der Waals surface area contributed by atoms with Gasteiger partial charge in [-0.2, -0.15) is 0 Å². The van der Waals surface area contributed by atoms with Crippen LogP contribution in [0.1, 0.15) is 27.1 Å². The molecule has 0 amide bonds. The maximum absolute atomic E-state index is 12.3. The maximum atomic E-state index is 12.3. The molecule has 0 heterocycles.